The number of tetrazole rings is 1. The summed E-state index contributed by atoms with van der Waals surface area (Å²) in [7, 11) is 0. The van der Waals surface area contributed by atoms with Crippen LogP contribution >= 0.6 is 0 Å². The molecule has 2 saturated heterocycles. The van der Waals surface area contributed by atoms with Gasteiger partial charge in [-0.2, -0.15) is 5.21 Å². The maximum atomic E-state index is 14.3. The number of aromatic nitrogens is 5. The van der Waals surface area contributed by atoms with Crippen LogP contribution in [0.25, 0.3) is 22.5 Å². The molecule has 1 saturated carbocycles. The average Bonchev–Trinajstić information content (AvgIpc) is 3.70. The van der Waals surface area contributed by atoms with E-state index in [1.54, 1.807) is 35.4 Å². The molecule has 4 aromatic rings. The van der Waals surface area contributed by atoms with Gasteiger partial charge in [0.2, 0.25) is 17.6 Å². The lowest BCUT2D eigenvalue weighted by atomic mass is 9.81. The summed E-state index contributed by atoms with van der Waals surface area (Å²) in [6.07, 6.45) is 6.78. The number of benzene rings is 2. The van der Waals surface area contributed by atoms with Crippen molar-refractivity contribution in [2.45, 2.75) is 76.0 Å². The Morgan fingerprint density at radius 3 is 2.29 bits per heavy atom. The second-order valence-electron chi connectivity index (χ2n) is 14.4. The number of pyridine rings is 1. The number of nitrogens with zero attached hydrogens (tertiary/aromatic N) is 5. The van der Waals surface area contributed by atoms with E-state index < -0.39 is 11.9 Å². The van der Waals surface area contributed by atoms with E-state index in [4.69, 9.17) is 16.2 Å². The van der Waals surface area contributed by atoms with Gasteiger partial charge in [-0.15, -0.1) is 10.2 Å². The molecular weight excluding hydrogens is 660 g/mol. The number of hydrogen-bond acceptors (Lipinski definition) is 10. The van der Waals surface area contributed by atoms with Crippen molar-refractivity contribution in [2.24, 2.45) is 23.3 Å². The molecule has 2 unspecified atom stereocenters. The van der Waals surface area contributed by atoms with Gasteiger partial charge in [-0.25, -0.2) is 0 Å². The molecule has 2 bridgehead atoms. The smallest absolute Gasteiger partial charge is 0.270 e. The first-order valence-electron chi connectivity index (χ1n) is 18.1. The Morgan fingerprint density at radius 1 is 0.981 bits per heavy atom. The lowest BCUT2D eigenvalue weighted by molar-refractivity contribution is -0.127. The van der Waals surface area contributed by atoms with E-state index in [0.29, 0.717) is 55.7 Å². The number of anilines is 1. The van der Waals surface area contributed by atoms with Gasteiger partial charge in [-0.1, -0.05) is 24.3 Å². The Kier molecular flexibility index (Phi) is 10.7. The van der Waals surface area contributed by atoms with Crippen LogP contribution in [0.5, 0.6) is 0 Å². The predicted molar refractivity (Wildman–Crippen MR) is 195 cm³/mol. The Morgan fingerprint density at radius 2 is 1.67 bits per heavy atom. The second kappa shape index (κ2) is 15.7. The lowest BCUT2D eigenvalue weighted by Crippen LogP contribution is -2.58. The highest BCUT2D eigenvalue weighted by Gasteiger charge is 2.36. The molecular formula is C38H46N10O4. The maximum Gasteiger partial charge on any atom is 0.270 e. The van der Waals surface area contributed by atoms with Crippen LogP contribution in [0, 0.1) is 18.8 Å². The molecule has 0 spiro atoms. The number of aryl methyl sites for hydroxylation is 1. The number of amides is 3. The monoisotopic (exact) mass is 706 g/mol. The van der Waals surface area contributed by atoms with E-state index in [2.05, 4.69) is 36.2 Å². The summed E-state index contributed by atoms with van der Waals surface area (Å²) in [5.74, 6) is -0.298. The standard InChI is InChI=1S/C38H46N10O4/c1-22-14-33(37(50)43-28-16-29-20-52-21-30(17-28)42-29)41-19-32(22)25-6-2-23(3-7-25)15-34(35(40)49)48(38(51)27-8-4-24(18-39)5-9-27)31-12-10-26(11-13-31)36-44-46-47-45-36/h2-3,6-7,10-14,19,24,27-30,34,42H,4-5,8-9,15-18,20-21,39H2,1H3,(H2,40,49)(H,43,50)(H,44,45,46,47)/t24?,27?,28?,29?,30?,34-/m0/s1. The van der Waals surface area contributed by atoms with E-state index in [9.17, 15) is 14.4 Å². The molecule has 52 heavy (non-hydrogen) atoms. The molecule has 7 N–H and O–H groups in total. The summed E-state index contributed by atoms with van der Waals surface area (Å²) in [6, 6.07) is 16.5. The first kappa shape index (κ1) is 35.4. The van der Waals surface area contributed by atoms with Crippen molar-refractivity contribution in [3.8, 4) is 22.5 Å². The van der Waals surface area contributed by atoms with Crippen molar-refractivity contribution in [1.82, 2.24) is 36.2 Å². The van der Waals surface area contributed by atoms with Gasteiger partial charge in [0.25, 0.3) is 5.91 Å². The average molecular weight is 707 g/mol. The number of primary amides is 1. The summed E-state index contributed by atoms with van der Waals surface area (Å²) in [4.78, 5) is 46.7. The molecule has 3 fully saturated rings. The molecule has 2 aromatic heterocycles. The number of hydrogen-bond donors (Lipinski definition) is 5. The first-order valence-corrected chi connectivity index (χ1v) is 18.1. The molecule has 3 amide bonds. The number of fused-ring (bicyclic) bond motifs is 2. The van der Waals surface area contributed by atoms with E-state index in [-0.39, 0.29) is 42.3 Å². The maximum absolute atomic E-state index is 14.3. The number of nitrogens with one attached hydrogen (secondary N) is 3. The summed E-state index contributed by atoms with van der Waals surface area (Å²) in [5.41, 5.74) is 17.3. The highest BCUT2D eigenvalue weighted by molar-refractivity contribution is 6.02. The van der Waals surface area contributed by atoms with Crippen molar-refractivity contribution in [1.29, 1.82) is 0 Å². The van der Waals surface area contributed by atoms with Crippen molar-refractivity contribution >= 4 is 23.4 Å². The number of ether oxygens (including phenoxy) is 1. The molecule has 0 radical (unpaired) electrons. The third-order valence-corrected chi connectivity index (χ3v) is 10.8. The molecule has 7 rings (SSSR count). The van der Waals surface area contributed by atoms with E-state index in [1.165, 1.54) is 0 Å². The number of H-pyrrole nitrogens is 1. The van der Waals surface area contributed by atoms with Crippen LogP contribution in [0.15, 0.2) is 60.8 Å². The molecule has 3 atom stereocenters. The lowest BCUT2D eigenvalue weighted by Gasteiger charge is -2.40. The van der Waals surface area contributed by atoms with Crippen LogP contribution in [0.3, 0.4) is 0 Å². The number of carbonyl (C=O) groups excluding carboxylic acids is 3. The van der Waals surface area contributed by atoms with Crippen molar-refractivity contribution < 1.29 is 19.1 Å². The largest absolute Gasteiger partial charge is 0.378 e. The number of morpholine rings is 1. The fraction of sp³-hybridized carbons (Fsp3) is 0.447. The molecule has 14 nitrogen and oxygen atoms in total. The van der Waals surface area contributed by atoms with Crippen LogP contribution in [0.1, 0.15) is 60.1 Å². The molecule has 3 aliphatic rings. The molecule has 2 aliphatic heterocycles. The van der Waals surface area contributed by atoms with Crippen molar-refractivity contribution in [3.05, 3.63) is 77.6 Å². The topological polar surface area (TPSA) is 207 Å². The van der Waals surface area contributed by atoms with Gasteiger partial charge in [0, 0.05) is 53.5 Å². The van der Waals surface area contributed by atoms with E-state index in [1.807, 2.05) is 37.3 Å². The first-order chi connectivity index (χ1) is 25.2. The Balaban J connectivity index is 1.07. The summed E-state index contributed by atoms with van der Waals surface area (Å²) in [6.45, 7) is 3.90. The summed E-state index contributed by atoms with van der Waals surface area (Å²) >= 11 is 0. The molecule has 14 heteroatoms. The van der Waals surface area contributed by atoms with Gasteiger partial charge >= 0.3 is 0 Å². The fourth-order valence-electron chi connectivity index (χ4n) is 7.92. The molecule has 1 aliphatic carbocycles. The van der Waals surface area contributed by atoms with Crippen LogP contribution in [-0.2, 0) is 20.7 Å². The van der Waals surface area contributed by atoms with Gasteiger partial charge < -0.3 is 26.8 Å². The minimum atomic E-state index is -0.921. The van der Waals surface area contributed by atoms with E-state index >= 15 is 0 Å². The highest BCUT2D eigenvalue weighted by atomic mass is 16.5. The van der Waals surface area contributed by atoms with Gasteiger partial charge in [-0.3, -0.25) is 24.3 Å². The molecule has 272 valence electrons. The van der Waals surface area contributed by atoms with Crippen molar-refractivity contribution in [3.63, 3.8) is 0 Å². The minimum absolute atomic E-state index is 0.0830. The van der Waals surface area contributed by atoms with Crippen LogP contribution in [0.2, 0.25) is 0 Å². The Labute approximate surface area is 302 Å². The minimum Gasteiger partial charge on any atom is -0.378 e. The highest BCUT2D eigenvalue weighted by Crippen LogP contribution is 2.33. The Hall–Kier alpha value is -5.05. The number of carbonyl (C=O) groups is 3. The fourth-order valence-corrected chi connectivity index (χ4v) is 7.92. The van der Waals surface area contributed by atoms with Gasteiger partial charge in [0.1, 0.15) is 11.7 Å². The Bertz CT molecular complexity index is 1850. The summed E-state index contributed by atoms with van der Waals surface area (Å²) < 4.78 is 5.63. The number of aromatic amines is 1. The summed E-state index contributed by atoms with van der Waals surface area (Å²) in [5, 5.41) is 20.9. The molecule has 2 aromatic carbocycles. The van der Waals surface area contributed by atoms with E-state index in [0.717, 1.165) is 53.5 Å². The SMILES string of the molecule is Cc1cc(C(=O)NC2CC3COCC(C2)N3)ncc1-c1ccc(C[C@@H](C(N)=O)N(C(=O)C2CCC(CN)CC2)c2ccc(-c3nn[nH]n3)cc2)cc1. The van der Waals surface area contributed by atoms with Crippen molar-refractivity contribution in [2.75, 3.05) is 24.7 Å². The zero-order valence-corrected chi connectivity index (χ0v) is 29.3. The predicted octanol–water partition coefficient (Wildman–Crippen LogP) is 2.68. The third-order valence-electron chi connectivity index (χ3n) is 10.8. The number of rotatable bonds is 11. The van der Waals surface area contributed by atoms with Gasteiger partial charge in [0.05, 0.1) is 13.2 Å². The molecule has 4 heterocycles. The second-order valence-corrected chi connectivity index (χ2v) is 14.4. The zero-order valence-electron chi connectivity index (χ0n) is 29.3. The van der Waals surface area contributed by atoms with Crippen LogP contribution in [-0.4, -0.2) is 87.3 Å². The van der Waals surface area contributed by atoms with Crippen LogP contribution in [0.4, 0.5) is 5.69 Å². The number of piperidine rings is 1. The number of nitrogens with two attached hydrogens (primary N) is 2. The normalized spacial score (nSPS) is 23.4. The van der Waals surface area contributed by atoms with Crippen LogP contribution < -0.4 is 27.0 Å². The quantitative estimate of drug-likeness (QED) is 0.154. The zero-order chi connectivity index (χ0) is 36.2. The van der Waals surface area contributed by atoms with Gasteiger partial charge in [-0.05, 0) is 110 Å². The third kappa shape index (κ3) is 7.88. The van der Waals surface area contributed by atoms with Gasteiger partial charge in [0.15, 0.2) is 0 Å².